The van der Waals surface area contributed by atoms with E-state index in [4.69, 9.17) is 0 Å². The molecule has 2 aromatic rings. The van der Waals surface area contributed by atoms with Gasteiger partial charge in [-0.15, -0.1) is 0 Å². The Morgan fingerprint density at radius 1 is 1.24 bits per heavy atom. The van der Waals surface area contributed by atoms with Crippen LogP contribution in [0.3, 0.4) is 0 Å². The summed E-state index contributed by atoms with van der Waals surface area (Å²) in [5, 5.41) is 0. The van der Waals surface area contributed by atoms with Crippen LogP contribution in [-0.2, 0) is 6.42 Å². The number of pyridine rings is 1. The van der Waals surface area contributed by atoms with Crippen LogP contribution in [0.4, 0.5) is 4.39 Å². The fourth-order valence-electron chi connectivity index (χ4n) is 1.62. The third kappa shape index (κ3) is 2.97. The molecule has 0 aliphatic rings. The van der Waals surface area contributed by atoms with Crippen molar-refractivity contribution in [2.24, 2.45) is 0 Å². The van der Waals surface area contributed by atoms with Gasteiger partial charge in [0, 0.05) is 12.1 Å². The molecule has 0 fully saturated rings. The fraction of sp³-hybridized carbons (Fsp3) is 0.143. The number of halogens is 1. The second kappa shape index (κ2) is 4.87. The molecular weight excluding hydrogens is 217 g/mol. The second-order valence-corrected chi connectivity index (χ2v) is 3.89. The lowest BCUT2D eigenvalue weighted by Crippen LogP contribution is -2.06. The molecule has 0 N–H and O–H groups in total. The molecule has 17 heavy (non-hydrogen) atoms. The van der Waals surface area contributed by atoms with Gasteiger partial charge in [-0.2, -0.15) is 0 Å². The van der Waals surface area contributed by atoms with Crippen molar-refractivity contribution in [3.63, 3.8) is 0 Å². The monoisotopic (exact) mass is 229 g/mol. The average molecular weight is 229 g/mol. The first-order chi connectivity index (χ1) is 8.15. The quantitative estimate of drug-likeness (QED) is 0.757. The van der Waals surface area contributed by atoms with E-state index in [0.29, 0.717) is 11.3 Å². The normalized spacial score (nSPS) is 10.2. The Hall–Kier alpha value is -2.03. The van der Waals surface area contributed by atoms with E-state index in [1.807, 2.05) is 13.0 Å². The summed E-state index contributed by atoms with van der Waals surface area (Å²) in [6.45, 7) is 1.83. The molecular formula is C14H12FNO. The number of hydrogen-bond donors (Lipinski definition) is 0. The molecule has 2 nitrogen and oxygen atoms in total. The van der Waals surface area contributed by atoms with Gasteiger partial charge in [0.25, 0.3) is 0 Å². The van der Waals surface area contributed by atoms with E-state index in [9.17, 15) is 9.18 Å². The van der Waals surface area contributed by atoms with Gasteiger partial charge in [-0.25, -0.2) is 4.39 Å². The lowest BCUT2D eigenvalue weighted by Gasteiger charge is -2.02. The number of rotatable bonds is 3. The molecule has 0 radical (unpaired) electrons. The zero-order valence-corrected chi connectivity index (χ0v) is 9.48. The van der Waals surface area contributed by atoms with E-state index in [-0.39, 0.29) is 18.0 Å². The summed E-state index contributed by atoms with van der Waals surface area (Å²) in [6.07, 6.45) is 0.175. The first-order valence-electron chi connectivity index (χ1n) is 5.36. The van der Waals surface area contributed by atoms with Gasteiger partial charge in [0.05, 0.1) is 0 Å². The maximum atomic E-state index is 13.0. The summed E-state index contributed by atoms with van der Waals surface area (Å²) in [6, 6.07) is 11.4. The summed E-state index contributed by atoms with van der Waals surface area (Å²) in [5.41, 5.74) is 1.89. The minimum absolute atomic E-state index is 0.0979. The SMILES string of the molecule is Cc1cccc(C(=O)Cc2cccc(F)c2)n1. The second-order valence-electron chi connectivity index (χ2n) is 3.89. The number of carbonyl (C=O) groups is 1. The van der Waals surface area contributed by atoms with E-state index in [1.54, 1.807) is 24.3 Å². The topological polar surface area (TPSA) is 30.0 Å². The molecule has 0 atom stereocenters. The number of aromatic nitrogens is 1. The van der Waals surface area contributed by atoms with Crippen LogP contribution in [0.5, 0.6) is 0 Å². The average Bonchev–Trinajstić information content (AvgIpc) is 2.29. The van der Waals surface area contributed by atoms with Crippen LogP contribution in [0.1, 0.15) is 21.7 Å². The lowest BCUT2D eigenvalue weighted by molar-refractivity contribution is 0.0988. The number of Topliss-reactive ketones (excluding diaryl/α,β-unsaturated/α-hetero) is 1. The van der Waals surface area contributed by atoms with E-state index < -0.39 is 0 Å². The molecule has 1 heterocycles. The highest BCUT2D eigenvalue weighted by atomic mass is 19.1. The summed E-state index contributed by atoms with van der Waals surface area (Å²) >= 11 is 0. The van der Waals surface area contributed by atoms with Crippen molar-refractivity contribution in [3.05, 3.63) is 65.2 Å². The smallest absolute Gasteiger partial charge is 0.185 e. The van der Waals surface area contributed by atoms with E-state index in [1.165, 1.54) is 12.1 Å². The Morgan fingerprint density at radius 2 is 2.00 bits per heavy atom. The molecule has 1 aromatic heterocycles. The molecule has 0 unspecified atom stereocenters. The maximum Gasteiger partial charge on any atom is 0.185 e. The van der Waals surface area contributed by atoms with Crippen molar-refractivity contribution in [1.29, 1.82) is 0 Å². The predicted molar refractivity (Wildman–Crippen MR) is 63.4 cm³/mol. The van der Waals surface area contributed by atoms with Crippen LogP contribution in [-0.4, -0.2) is 10.8 Å². The third-order valence-electron chi connectivity index (χ3n) is 2.43. The Balaban J connectivity index is 2.17. The van der Waals surface area contributed by atoms with Crippen LogP contribution >= 0.6 is 0 Å². The molecule has 0 saturated heterocycles. The van der Waals surface area contributed by atoms with Gasteiger partial charge in [-0.3, -0.25) is 9.78 Å². The maximum absolute atomic E-state index is 13.0. The highest BCUT2D eigenvalue weighted by molar-refractivity contribution is 5.95. The summed E-state index contributed by atoms with van der Waals surface area (Å²) in [4.78, 5) is 16.0. The molecule has 0 aliphatic heterocycles. The van der Waals surface area contributed by atoms with Crippen molar-refractivity contribution >= 4 is 5.78 Å². The van der Waals surface area contributed by atoms with Gasteiger partial charge in [-0.05, 0) is 36.8 Å². The summed E-state index contributed by atoms with van der Waals surface area (Å²) in [5.74, 6) is -0.424. The third-order valence-corrected chi connectivity index (χ3v) is 2.43. The molecule has 0 aliphatic carbocycles. The molecule has 1 aromatic carbocycles. The van der Waals surface area contributed by atoms with Crippen LogP contribution < -0.4 is 0 Å². The largest absolute Gasteiger partial charge is 0.292 e. The Morgan fingerprint density at radius 3 is 2.71 bits per heavy atom. The number of carbonyl (C=O) groups excluding carboxylic acids is 1. The Kier molecular flexibility index (Phi) is 3.28. The minimum atomic E-state index is -0.326. The zero-order valence-electron chi connectivity index (χ0n) is 9.48. The molecule has 0 spiro atoms. The van der Waals surface area contributed by atoms with Gasteiger partial charge in [-0.1, -0.05) is 18.2 Å². The number of ketones is 1. The first kappa shape index (κ1) is 11.5. The first-order valence-corrected chi connectivity index (χ1v) is 5.36. The van der Waals surface area contributed by atoms with Gasteiger partial charge >= 0.3 is 0 Å². The molecule has 86 valence electrons. The molecule has 3 heteroatoms. The predicted octanol–water partition coefficient (Wildman–Crippen LogP) is 2.95. The Bertz CT molecular complexity index is 551. The summed E-state index contributed by atoms with van der Waals surface area (Å²) in [7, 11) is 0. The number of aryl methyl sites for hydroxylation is 1. The van der Waals surface area contributed by atoms with Gasteiger partial charge < -0.3 is 0 Å². The lowest BCUT2D eigenvalue weighted by atomic mass is 10.1. The van der Waals surface area contributed by atoms with Crippen molar-refractivity contribution in [2.45, 2.75) is 13.3 Å². The highest BCUT2D eigenvalue weighted by Crippen LogP contribution is 2.08. The standard InChI is InChI=1S/C14H12FNO/c1-10-4-2-7-13(16-10)14(17)9-11-5-3-6-12(15)8-11/h2-8H,9H2,1H3. The Labute approximate surface area is 99.1 Å². The van der Waals surface area contributed by atoms with Crippen LogP contribution in [0.25, 0.3) is 0 Å². The van der Waals surface area contributed by atoms with Gasteiger partial charge in [0.15, 0.2) is 5.78 Å². The number of benzene rings is 1. The van der Waals surface area contributed by atoms with Crippen molar-refractivity contribution in [1.82, 2.24) is 4.98 Å². The van der Waals surface area contributed by atoms with Crippen LogP contribution in [0, 0.1) is 12.7 Å². The van der Waals surface area contributed by atoms with Crippen molar-refractivity contribution in [2.75, 3.05) is 0 Å². The van der Waals surface area contributed by atoms with Crippen LogP contribution in [0.15, 0.2) is 42.5 Å². The number of hydrogen-bond acceptors (Lipinski definition) is 2. The van der Waals surface area contributed by atoms with E-state index in [0.717, 1.165) is 5.69 Å². The summed E-state index contributed by atoms with van der Waals surface area (Å²) < 4.78 is 13.0. The number of nitrogens with zero attached hydrogens (tertiary/aromatic N) is 1. The van der Waals surface area contributed by atoms with Gasteiger partial charge in [0.1, 0.15) is 11.5 Å². The highest BCUT2D eigenvalue weighted by Gasteiger charge is 2.08. The zero-order chi connectivity index (χ0) is 12.3. The fourth-order valence-corrected chi connectivity index (χ4v) is 1.62. The van der Waals surface area contributed by atoms with E-state index in [2.05, 4.69) is 4.98 Å². The van der Waals surface area contributed by atoms with Crippen LogP contribution in [0.2, 0.25) is 0 Å². The molecule has 0 amide bonds. The minimum Gasteiger partial charge on any atom is -0.292 e. The van der Waals surface area contributed by atoms with Gasteiger partial charge in [0.2, 0.25) is 0 Å². The molecule has 0 bridgehead atoms. The van der Waals surface area contributed by atoms with Crippen molar-refractivity contribution in [3.8, 4) is 0 Å². The molecule has 2 rings (SSSR count). The van der Waals surface area contributed by atoms with E-state index >= 15 is 0 Å². The van der Waals surface area contributed by atoms with Crippen molar-refractivity contribution < 1.29 is 9.18 Å². The molecule has 0 saturated carbocycles.